The molecule has 2 aromatic carbocycles. The average Bonchev–Trinajstić information content (AvgIpc) is 3.51. The maximum atomic E-state index is 5.80. The zero-order valence-corrected chi connectivity index (χ0v) is 25.2. The number of benzene rings is 2. The summed E-state index contributed by atoms with van der Waals surface area (Å²) in [5, 5.41) is 23.6. The van der Waals surface area contributed by atoms with E-state index in [2.05, 4.69) is 82.8 Å². The minimum Gasteiger partial charge on any atom is -0.472 e. The Morgan fingerprint density at radius 3 is 2.49 bits per heavy atom. The van der Waals surface area contributed by atoms with Crippen molar-refractivity contribution in [3.05, 3.63) is 65.7 Å². The molecule has 0 radical (unpaired) electrons. The normalized spacial score (nSPS) is 12.1. The molecule has 1 unspecified atom stereocenters. The predicted octanol–water partition coefficient (Wildman–Crippen LogP) is 6.82. The smallest absolute Gasteiger partial charge is 0.234 e. The molecule has 2 aromatic heterocycles. The number of aromatic nitrogens is 4. The summed E-state index contributed by atoms with van der Waals surface area (Å²) < 4.78 is 13.5. The summed E-state index contributed by atoms with van der Waals surface area (Å²) in [4.78, 5) is 4.30. The van der Waals surface area contributed by atoms with Gasteiger partial charge in [-0.1, -0.05) is 53.9 Å². The summed E-state index contributed by atoms with van der Waals surface area (Å²) in [6.45, 7) is 2.45. The number of rotatable bonds is 12. The largest absolute Gasteiger partial charge is 0.472 e. The zero-order valence-electron chi connectivity index (χ0n) is 18.4. The second kappa shape index (κ2) is 13.7. The number of thioether (sulfide) groups is 1. The van der Waals surface area contributed by atoms with Crippen LogP contribution in [0.5, 0.6) is 11.5 Å². The van der Waals surface area contributed by atoms with Gasteiger partial charge in [0.15, 0.2) is 13.1 Å². The molecular weight excluding hydrogens is 730 g/mol. The summed E-state index contributed by atoms with van der Waals surface area (Å²) in [7, 11) is 0. The summed E-state index contributed by atoms with van der Waals surface area (Å²) >= 11 is 9.26. The van der Waals surface area contributed by atoms with Crippen molar-refractivity contribution in [2.75, 3.05) is 17.8 Å². The number of ether oxygens (including phenoxy) is 2. The first kappa shape index (κ1) is 26.5. The van der Waals surface area contributed by atoms with Crippen molar-refractivity contribution in [2.45, 2.75) is 18.6 Å². The van der Waals surface area contributed by atoms with Crippen LogP contribution in [0.15, 0.2) is 53.5 Å². The third kappa shape index (κ3) is 7.96. The SMILES string of the molecule is CCSC(Cc1nnc(/N=C\Oc2ccccc2I)s1)c1nnc(NCOc2ccccc2I)s1. The third-order valence-electron chi connectivity index (χ3n) is 4.37. The molecule has 13 heteroatoms. The molecular formula is C22H20I2N6O2S3. The van der Waals surface area contributed by atoms with Gasteiger partial charge >= 0.3 is 0 Å². The first-order valence-electron chi connectivity index (χ1n) is 10.4. The van der Waals surface area contributed by atoms with E-state index in [0.29, 0.717) is 18.3 Å². The molecule has 2 heterocycles. The lowest BCUT2D eigenvalue weighted by atomic mass is 10.3. The van der Waals surface area contributed by atoms with Crippen molar-refractivity contribution in [2.24, 2.45) is 4.99 Å². The number of para-hydroxylation sites is 2. The molecule has 0 saturated heterocycles. The number of hydrogen-bond acceptors (Lipinski definition) is 11. The van der Waals surface area contributed by atoms with E-state index in [1.54, 1.807) is 0 Å². The number of halogens is 2. The highest BCUT2D eigenvalue weighted by Crippen LogP contribution is 2.36. The first-order chi connectivity index (χ1) is 17.1. The van der Waals surface area contributed by atoms with Crippen molar-refractivity contribution in [1.29, 1.82) is 0 Å². The van der Waals surface area contributed by atoms with E-state index in [4.69, 9.17) is 9.47 Å². The molecule has 0 aliphatic rings. The Hall–Kier alpha value is -1.56. The maximum Gasteiger partial charge on any atom is 0.234 e. The van der Waals surface area contributed by atoms with Gasteiger partial charge in [-0.2, -0.15) is 16.8 Å². The Morgan fingerprint density at radius 1 is 1.00 bits per heavy atom. The highest BCUT2D eigenvalue weighted by molar-refractivity contribution is 14.1. The van der Waals surface area contributed by atoms with Crippen LogP contribution in [0, 0.1) is 7.14 Å². The number of nitrogens with one attached hydrogen (secondary N) is 1. The molecule has 35 heavy (non-hydrogen) atoms. The van der Waals surface area contributed by atoms with Crippen LogP contribution < -0.4 is 14.8 Å². The summed E-state index contributed by atoms with van der Waals surface area (Å²) in [5.74, 6) is 2.55. The standard InChI is InChI=1S/C22H20I2N6O2S3/c1-2-33-18(20-28-30-22(35-20)26-13-32-17-10-6-4-8-15(17)24)11-19-27-29-21(34-19)25-12-31-16-9-5-3-7-14(16)23/h3-10,12,18H,2,11,13H2,1H3,(H,26,30)/b25-12-. The highest BCUT2D eigenvalue weighted by atomic mass is 127. The van der Waals surface area contributed by atoms with Crippen LogP contribution >= 0.6 is 79.6 Å². The van der Waals surface area contributed by atoms with Gasteiger partial charge < -0.3 is 14.8 Å². The summed E-state index contributed by atoms with van der Waals surface area (Å²) in [6, 6.07) is 15.6. The quantitative estimate of drug-likeness (QED) is 0.0730. The van der Waals surface area contributed by atoms with E-state index in [1.807, 2.05) is 60.3 Å². The van der Waals surface area contributed by atoms with Crippen molar-refractivity contribution >= 4 is 96.3 Å². The molecule has 1 N–H and O–H groups in total. The summed E-state index contributed by atoms with van der Waals surface area (Å²) in [5.41, 5.74) is 0. The van der Waals surface area contributed by atoms with Gasteiger partial charge in [0.25, 0.3) is 0 Å². The lowest BCUT2D eigenvalue weighted by Gasteiger charge is -2.10. The van der Waals surface area contributed by atoms with E-state index in [-0.39, 0.29) is 5.25 Å². The van der Waals surface area contributed by atoms with Crippen LogP contribution in [0.3, 0.4) is 0 Å². The van der Waals surface area contributed by atoms with E-state index in [1.165, 1.54) is 29.1 Å². The Balaban J connectivity index is 1.32. The maximum absolute atomic E-state index is 5.80. The molecule has 1 atom stereocenters. The van der Waals surface area contributed by atoms with Gasteiger partial charge in [0, 0.05) is 6.42 Å². The molecule has 4 rings (SSSR count). The fraction of sp³-hybridized carbons (Fsp3) is 0.227. The topological polar surface area (TPSA) is 94.4 Å². The van der Waals surface area contributed by atoms with E-state index in [0.717, 1.165) is 39.5 Å². The van der Waals surface area contributed by atoms with Crippen LogP contribution in [0.2, 0.25) is 0 Å². The Labute approximate surface area is 242 Å². The molecule has 0 aliphatic heterocycles. The van der Waals surface area contributed by atoms with Gasteiger partial charge in [-0.25, -0.2) is 0 Å². The third-order valence-corrected chi connectivity index (χ3v) is 9.27. The Morgan fingerprint density at radius 2 is 1.74 bits per heavy atom. The average molecular weight is 750 g/mol. The second-order valence-corrected chi connectivity index (χ2v) is 12.6. The highest BCUT2D eigenvalue weighted by Gasteiger charge is 2.20. The Kier molecular flexibility index (Phi) is 10.3. The fourth-order valence-electron chi connectivity index (χ4n) is 2.80. The number of nitrogens with zero attached hydrogens (tertiary/aromatic N) is 5. The van der Waals surface area contributed by atoms with Gasteiger partial charge in [0.2, 0.25) is 10.3 Å². The summed E-state index contributed by atoms with van der Waals surface area (Å²) in [6.07, 6.45) is 2.11. The molecule has 182 valence electrons. The minimum absolute atomic E-state index is 0.135. The van der Waals surface area contributed by atoms with Crippen LogP contribution in [0.25, 0.3) is 0 Å². The Bertz CT molecular complexity index is 1270. The van der Waals surface area contributed by atoms with Gasteiger partial charge in [-0.3, -0.25) is 0 Å². The van der Waals surface area contributed by atoms with Crippen LogP contribution in [0.1, 0.15) is 22.2 Å². The van der Waals surface area contributed by atoms with E-state index in [9.17, 15) is 0 Å². The van der Waals surface area contributed by atoms with Crippen LogP contribution in [-0.4, -0.2) is 39.3 Å². The molecule has 0 saturated carbocycles. The van der Waals surface area contributed by atoms with Gasteiger partial charge in [-0.05, 0) is 75.2 Å². The van der Waals surface area contributed by atoms with E-state index < -0.39 is 0 Å². The van der Waals surface area contributed by atoms with E-state index >= 15 is 0 Å². The van der Waals surface area contributed by atoms with Gasteiger partial charge in [-0.15, -0.1) is 20.4 Å². The van der Waals surface area contributed by atoms with Crippen LogP contribution in [0.4, 0.5) is 10.3 Å². The number of hydrogen-bond donors (Lipinski definition) is 1. The number of aliphatic imine (C=N–C) groups is 1. The lowest BCUT2D eigenvalue weighted by molar-refractivity contribution is 0.344. The van der Waals surface area contributed by atoms with Crippen LogP contribution in [-0.2, 0) is 6.42 Å². The minimum atomic E-state index is 0.135. The molecule has 0 amide bonds. The molecule has 0 fully saturated rings. The number of anilines is 1. The van der Waals surface area contributed by atoms with Crippen molar-refractivity contribution in [3.8, 4) is 11.5 Å². The monoisotopic (exact) mass is 750 g/mol. The van der Waals surface area contributed by atoms with Crippen molar-refractivity contribution < 1.29 is 9.47 Å². The van der Waals surface area contributed by atoms with Gasteiger partial charge in [0.05, 0.1) is 12.4 Å². The predicted molar refractivity (Wildman–Crippen MR) is 161 cm³/mol. The fourth-order valence-corrected chi connectivity index (χ4v) is 6.61. The lowest BCUT2D eigenvalue weighted by Crippen LogP contribution is -2.09. The van der Waals surface area contributed by atoms with Crippen molar-refractivity contribution in [3.63, 3.8) is 0 Å². The first-order valence-corrected chi connectivity index (χ1v) is 15.3. The molecule has 0 aliphatic carbocycles. The molecule has 0 spiro atoms. The molecule has 0 bridgehead atoms. The molecule has 8 nitrogen and oxygen atoms in total. The zero-order chi connectivity index (χ0) is 24.5. The van der Waals surface area contributed by atoms with Crippen molar-refractivity contribution in [1.82, 2.24) is 20.4 Å². The van der Waals surface area contributed by atoms with Gasteiger partial charge in [0.1, 0.15) is 21.5 Å². The molecule has 4 aromatic rings. The second-order valence-electron chi connectivity index (χ2n) is 6.75.